The third-order valence-electron chi connectivity index (χ3n) is 2.29. The average Bonchev–Trinajstić information content (AvgIpc) is 2.96. The number of hydroxylamine groups is 1. The zero-order valence-electron chi connectivity index (χ0n) is 11.4. The number of hydrogen-bond donors (Lipinski definition) is 2. The van der Waals surface area contributed by atoms with Crippen LogP contribution in [0.2, 0.25) is 0 Å². The van der Waals surface area contributed by atoms with E-state index < -0.39 is 0 Å². The summed E-state index contributed by atoms with van der Waals surface area (Å²) in [4.78, 5) is 14.3. The molecule has 2 aromatic rings. The number of carbonyl (C=O) groups is 1. The maximum absolute atomic E-state index is 10.5. The summed E-state index contributed by atoms with van der Waals surface area (Å²) in [5.74, 6) is 1.78. The van der Waals surface area contributed by atoms with E-state index in [-0.39, 0.29) is 5.89 Å². The van der Waals surface area contributed by atoms with Crippen LogP contribution in [0.4, 0.5) is 0 Å². The van der Waals surface area contributed by atoms with Gasteiger partial charge in [-0.2, -0.15) is 0 Å². The Morgan fingerprint density at radius 1 is 1.30 bits per heavy atom. The second-order valence-corrected chi connectivity index (χ2v) is 3.47. The number of ether oxygens (including phenoxy) is 2. The molecule has 1 aromatic heterocycles. The molecule has 1 aromatic carbocycles. The van der Waals surface area contributed by atoms with Crippen LogP contribution in [-0.4, -0.2) is 37.7 Å². The lowest BCUT2D eigenvalue weighted by molar-refractivity contribution is 0.109. The fourth-order valence-electron chi connectivity index (χ4n) is 1.47. The molecule has 7 nitrogen and oxygen atoms in total. The number of hydrogen-bond acceptors (Lipinski definition) is 7. The van der Waals surface area contributed by atoms with Crippen molar-refractivity contribution < 1.29 is 23.9 Å². The summed E-state index contributed by atoms with van der Waals surface area (Å²) in [6.45, 7) is 0. The van der Waals surface area contributed by atoms with Crippen LogP contribution in [0.15, 0.2) is 28.8 Å². The Hall–Kier alpha value is -2.38. The van der Waals surface area contributed by atoms with Crippen LogP contribution in [0.1, 0.15) is 10.7 Å². The van der Waals surface area contributed by atoms with Crippen LogP contribution in [0, 0.1) is 0 Å². The molecule has 0 unspecified atom stereocenters. The molecule has 0 spiro atoms. The number of methoxy groups -OCH3 is 2. The maximum Gasteiger partial charge on any atom is 0.260 e. The summed E-state index contributed by atoms with van der Waals surface area (Å²) >= 11 is 0. The molecule has 0 fully saturated rings. The van der Waals surface area contributed by atoms with Crippen molar-refractivity contribution in [3.8, 4) is 22.8 Å². The van der Waals surface area contributed by atoms with Gasteiger partial charge < -0.3 is 19.1 Å². The molecular formula is C13H16N2O5. The van der Waals surface area contributed by atoms with Crippen LogP contribution in [0.25, 0.3) is 11.3 Å². The standard InChI is InChI=1S/C12H11NO4.CH5NO/c1-15-9-4-3-8(5-10(9)16-2)11-6-13-12(7-14)17-11;1-2-3/h3-7H,1-2H3;2-3H,1H3. The van der Waals surface area contributed by atoms with Gasteiger partial charge in [0.25, 0.3) is 5.89 Å². The van der Waals surface area contributed by atoms with E-state index in [9.17, 15) is 4.79 Å². The van der Waals surface area contributed by atoms with Gasteiger partial charge in [0.05, 0.1) is 20.4 Å². The molecule has 108 valence electrons. The number of carbonyl (C=O) groups excluding carboxylic acids is 1. The fourth-order valence-corrected chi connectivity index (χ4v) is 1.47. The SMILES string of the molecule is CNO.COc1ccc(-c2cnc(C=O)o2)cc1OC. The van der Waals surface area contributed by atoms with Crippen molar-refractivity contribution >= 4 is 6.29 Å². The van der Waals surface area contributed by atoms with Crippen molar-refractivity contribution in [2.45, 2.75) is 0 Å². The Morgan fingerprint density at radius 2 is 1.95 bits per heavy atom. The molecule has 0 saturated heterocycles. The molecule has 0 aliphatic rings. The number of aromatic nitrogens is 1. The lowest BCUT2D eigenvalue weighted by Gasteiger charge is -2.07. The highest BCUT2D eigenvalue weighted by Crippen LogP contribution is 2.32. The van der Waals surface area contributed by atoms with E-state index in [0.717, 1.165) is 5.56 Å². The molecule has 1 heterocycles. The smallest absolute Gasteiger partial charge is 0.260 e. The zero-order valence-corrected chi connectivity index (χ0v) is 11.4. The van der Waals surface area contributed by atoms with Crippen molar-refractivity contribution in [2.24, 2.45) is 0 Å². The van der Waals surface area contributed by atoms with Gasteiger partial charge in [-0.1, -0.05) is 0 Å². The predicted octanol–water partition coefficient (Wildman–Crippen LogP) is 1.77. The minimum atomic E-state index is 0.0507. The van der Waals surface area contributed by atoms with Gasteiger partial charge in [0.1, 0.15) is 0 Å². The summed E-state index contributed by atoms with van der Waals surface area (Å²) in [6.07, 6.45) is 2.05. The van der Waals surface area contributed by atoms with E-state index in [1.165, 1.54) is 13.2 Å². The van der Waals surface area contributed by atoms with Crippen molar-refractivity contribution in [1.82, 2.24) is 10.5 Å². The van der Waals surface area contributed by atoms with E-state index in [0.29, 0.717) is 23.5 Å². The van der Waals surface area contributed by atoms with Gasteiger partial charge in [-0.25, -0.2) is 10.5 Å². The van der Waals surface area contributed by atoms with Gasteiger partial charge in [0.15, 0.2) is 17.3 Å². The first-order chi connectivity index (χ1) is 9.69. The molecular weight excluding hydrogens is 264 g/mol. The van der Waals surface area contributed by atoms with E-state index >= 15 is 0 Å². The van der Waals surface area contributed by atoms with Crippen LogP contribution in [0.3, 0.4) is 0 Å². The highest BCUT2D eigenvalue weighted by Gasteiger charge is 2.09. The molecule has 0 aliphatic carbocycles. The molecule has 0 atom stereocenters. The Balaban J connectivity index is 0.000000612. The molecule has 0 amide bonds. The Morgan fingerprint density at radius 3 is 2.45 bits per heavy atom. The zero-order chi connectivity index (χ0) is 15.0. The molecule has 0 bridgehead atoms. The van der Waals surface area contributed by atoms with Crippen LogP contribution >= 0.6 is 0 Å². The van der Waals surface area contributed by atoms with E-state index in [2.05, 4.69) is 4.98 Å². The summed E-state index contributed by atoms with van der Waals surface area (Å²) < 4.78 is 15.5. The topological polar surface area (TPSA) is 93.8 Å². The monoisotopic (exact) mass is 280 g/mol. The summed E-state index contributed by atoms with van der Waals surface area (Å²) in [5, 5.41) is 7.32. The van der Waals surface area contributed by atoms with E-state index in [1.807, 2.05) is 0 Å². The first-order valence-electron chi connectivity index (χ1n) is 5.64. The number of rotatable bonds is 4. The molecule has 20 heavy (non-hydrogen) atoms. The average molecular weight is 280 g/mol. The van der Waals surface area contributed by atoms with Gasteiger partial charge in [0.2, 0.25) is 6.29 Å². The second-order valence-electron chi connectivity index (χ2n) is 3.47. The third-order valence-corrected chi connectivity index (χ3v) is 2.29. The Bertz CT molecular complexity index is 553. The van der Waals surface area contributed by atoms with Crippen molar-refractivity contribution in [1.29, 1.82) is 0 Å². The summed E-state index contributed by atoms with van der Waals surface area (Å²) in [5.41, 5.74) is 2.52. The molecule has 0 saturated carbocycles. The van der Waals surface area contributed by atoms with Gasteiger partial charge in [-0.3, -0.25) is 4.79 Å². The number of aldehydes is 1. The minimum absolute atomic E-state index is 0.0507. The largest absolute Gasteiger partial charge is 0.493 e. The Labute approximate surface area is 116 Å². The number of nitrogens with one attached hydrogen (secondary N) is 1. The van der Waals surface area contributed by atoms with Gasteiger partial charge in [-0.15, -0.1) is 0 Å². The fraction of sp³-hybridized carbons (Fsp3) is 0.231. The van der Waals surface area contributed by atoms with Crippen molar-refractivity contribution in [2.75, 3.05) is 21.3 Å². The van der Waals surface area contributed by atoms with Crippen LogP contribution in [0.5, 0.6) is 11.5 Å². The first kappa shape index (κ1) is 15.7. The third kappa shape index (κ3) is 3.81. The molecule has 7 heteroatoms. The van der Waals surface area contributed by atoms with Crippen molar-refractivity contribution in [3.63, 3.8) is 0 Å². The van der Waals surface area contributed by atoms with E-state index in [1.54, 1.807) is 37.9 Å². The molecule has 0 aliphatic heterocycles. The lowest BCUT2D eigenvalue weighted by Crippen LogP contribution is -1.91. The van der Waals surface area contributed by atoms with Crippen LogP contribution in [-0.2, 0) is 0 Å². The van der Waals surface area contributed by atoms with Gasteiger partial charge >= 0.3 is 0 Å². The normalized spacial score (nSPS) is 9.40. The lowest BCUT2D eigenvalue weighted by atomic mass is 10.1. The van der Waals surface area contributed by atoms with Gasteiger partial charge in [-0.05, 0) is 18.2 Å². The number of nitrogens with zero attached hydrogens (tertiary/aromatic N) is 1. The summed E-state index contributed by atoms with van der Waals surface area (Å²) in [7, 11) is 4.55. The minimum Gasteiger partial charge on any atom is -0.493 e. The number of oxazole rings is 1. The highest BCUT2D eigenvalue weighted by molar-refractivity contribution is 5.70. The highest BCUT2D eigenvalue weighted by atomic mass is 16.5. The van der Waals surface area contributed by atoms with Crippen LogP contribution < -0.4 is 15.0 Å². The van der Waals surface area contributed by atoms with Crippen molar-refractivity contribution in [3.05, 3.63) is 30.3 Å². The number of benzene rings is 1. The Kier molecular flexibility index (Phi) is 6.21. The van der Waals surface area contributed by atoms with E-state index in [4.69, 9.17) is 19.1 Å². The summed E-state index contributed by atoms with van der Waals surface area (Å²) in [6, 6.07) is 5.32. The molecule has 0 radical (unpaired) electrons. The molecule has 2 rings (SSSR count). The first-order valence-corrected chi connectivity index (χ1v) is 5.64. The van der Waals surface area contributed by atoms with Gasteiger partial charge in [0, 0.05) is 12.6 Å². The predicted molar refractivity (Wildman–Crippen MR) is 71.3 cm³/mol. The maximum atomic E-state index is 10.5. The second kappa shape index (κ2) is 7.93. The molecule has 2 N–H and O–H groups in total. The quantitative estimate of drug-likeness (QED) is 0.651.